The van der Waals surface area contributed by atoms with Gasteiger partial charge in [0, 0.05) is 12.2 Å². The second-order valence-electron chi connectivity index (χ2n) is 5.29. The van der Waals surface area contributed by atoms with Crippen molar-refractivity contribution in [3.63, 3.8) is 0 Å². The Morgan fingerprint density at radius 2 is 1.91 bits per heavy atom. The lowest BCUT2D eigenvalue weighted by Gasteiger charge is -2.26. The summed E-state index contributed by atoms with van der Waals surface area (Å²) in [5.74, 6) is -5.13. The van der Waals surface area contributed by atoms with E-state index in [1.165, 1.54) is 0 Å². The van der Waals surface area contributed by atoms with Crippen molar-refractivity contribution >= 4 is 17.5 Å². The van der Waals surface area contributed by atoms with E-state index in [2.05, 4.69) is 5.16 Å². The molecule has 1 unspecified atom stereocenters. The van der Waals surface area contributed by atoms with Crippen molar-refractivity contribution in [2.45, 2.75) is 56.4 Å². The molecule has 1 aliphatic carbocycles. The molecule has 1 saturated carbocycles. The predicted molar refractivity (Wildman–Crippen MR) is 78.5 cm³/mol. The standard InChI is InChI=1S/C14H19F5N2OS/c1-2-22-21-11-5-3-10(4-6-11)12(9-20)23-8-7-13(15,16)14(17,18)19/h10,12H,2-8H2,1H3. The minimum atomic E-state index is -5.54. The Morgan fingerprint density at radius 3 is 2.39 bits per heavy atom. The van der Waals surface area contributed by atoms with Gasteiger partial charge in [0.2, 0.25) is 0 Å². The summed E-state index contributed by atoms with van der Waals surface area (Å²) in [5.41, 5.74) is 0.897. The van der Waals surface area contributed by atoms with Gasteiger partial charge in [-0.15, -0.1) is 11.8 Å². The molecule has 0 spiro atoms. The van der Waals surface area contributed by atoms with Crippen LogP contribution in [-0.2, 0) is 4.84 Å². The molecule has 1 rings (SSSR count). The van der Waals surface area contributed by atoms with E-state index >= 15 is 0 Å². The molecule has 0 radical (unpaired) electrons. The summed E-state index contributed by atoms with van der Waals surface area (Å²) in [6, 6.07) is 2.02. The minimum Gasteiger partial charge on any atom is -0.396 e. The zero-order valence-corrected chi connectivity index (χ0v) is 13.5. The Labute approximate surface area is 136 Å². The largest absolute Gasteiger partial charge is 0.453 e. The van der Waals surface area contributed by atoms with Gasteiger partial charge in [-0.1, -0.05) is 5.16 Å². The molecule has 0 aromatic rings. The Morgan fingerprint density at radius 1 is 1.30 bits per heavy atom. The summed E-state index contributed by atoms with van der Waals surface area (Å²) in [6.45, 7) is 2.28. The molecule has 0 heterocycles. The van der Waals surface area contributed by atoms with Crippen LogP contribution < -0.4 is 0 Å². The normalized spacial score (nSPS) is 20.7. The number of hydrogen-bond donors (Lipinski definition) is 0. The van der Waals surface area contributed by atoms with Gasteiger partial charge >= 0.3 is 12.1 Å². The summed E-state index contributed by atoms with van der Waals surface area (Å²) in [6.07, 6.45) is -4.21. The lowest BCUT2D eigenvalue weighted by molar-refractivity contribution is -0.282. The van der Waals surface area contributed by atoms with Crippen molar-refractivity contribution in [2.75, 3.05) is 12.4 Å². The van der Waals surface area contributed by atoms with E-state index < -0.39 is 29.5 Å². The van der Waals surface area contributed by atoms with Gasteiger partial charge in [-0.05, 0) is 38.5 Å². The van der Waals surface area contributed by atoms with E-state index in [9.17, 15) is 22.0 Å². The first-order chi connectivity index (χ1) is 10.7. The molecular formula is C14H19F5N2OS. The van der Waals surface area contributed by atoms with Gasteiger partial charge in [-0.2, -0.15) is 27.2 Å². The van der Waals surface area contributed by atoms with Crippen LogP contribution in [-0.4, -0.2) is 35.4 Å². The van der Waals surface area contributed by atoms with Gasteiger partial charge in [0.05, 0.1) is 17.0 Å². The van der Waals surface area contributed by atoms with E-state index in [1.54, 1.807) is 0 Å². The van der Waals surface area contributed by atoms with E-state index in [1.807, 2.05) is 13.0 Å². The average molecular weight is 358 g/mol. The smallest absolute Gasteiger partial charge is 0.396 e. The van der Waals surface area contributed by atoms with Crippen LogP contribution in [0.4, 0.5) is 22.0 Å². The van der Waals surface area contributed by atoms with Crippen molar-refractivity contribution in [3.05, 3.63) is 0 Å². The van der Waals surface area contributed by atoms with Gasteiger partial charge in [0.1, 0.15) is 6.61 Å². The molecule has 132 valence electrons. The molecule has 0 aromatic carbocycles. The molecule has 1 fully saturated rings. The molecule has 0 amide bonds. The molecule has 0 N–H and O–H groups in total. The van der Waals surface area contributed by atoms with E-state index in [0.29, 0.717) is 32.3 Å². The number of hydrogen-bond acceptors (Lipinski definition) is 4. The van der Waals surface area contributed by atoms with Crippen LogP contribution in [0.1, 0.15) is 39.0 Å². The summed E-state index contributed by atoms with van der Waals surface area (Å²) in [4.78, 5) is 4.96. The molecule has 3 nitrogen and oxygen atoms in total. The number of halogens is 5. The first kappa shape index (κ1) is 20.0. The minimum absolute atomic E-state index is 0.0231. The number of alkyl halides is 5. The van der Waals surface area contributed by atoms with Crippen molar-refractivity contribution in [3.8, 4) is 6.07 Å². The quantitative estimate of drug-likeness (QED) is 0.486. The van der Waals surface area contributed by atoms with Crippen LogP contribution in [0.25, 0.3) is 0 Å². The van der Waals surface area contributed by atoms with Gasteiger partial charge in [0.15, 0.2) is 0 Å². The Hall–Kier alpha value is -1.04. The summed E-state index contributed by atoms with van der Waals surface area (Å²) in [7, 11) is 0. The third-order valence-electron chi connectivity index (χ3n) is 3.61. The number of thioether (sulfide) groups is 1. The zero-order chi connectivity index (χ0) is 17.5. The fourth-order valence-electron chi connectivity index (χ4n) is 2.26. The van der Waals surface area contributed by atoms with Crippen LogP contribution in [0.2, 0.25) is 0 Å². The maximum Gasteiger partial charge on any atom is 0.453 e. The topological polar surface area (TPSA) is 45.4 Å². The maximum absolute atomic E-state index is 12.8. The maximum atomic E-state index is 12.8. The highest BCUT2D eigenvalue weighted by Gasteiger charge is 2.56. The Bertz CT molecular complexity index is 437. The molecule has 1 aliphatic rings. The molecule has 0 aliphatic heterocycles. The zero-order valence-electron chi connectivity index (χ0n) is 12.7. The third kappa shape index (κ3) is 6.16. The van der Waals surface area contributed by atoms with Gasteiger partial charge in [-0.3, -0.25) is 0 Å². The molecule has 9 heteroatoms. The number of nitriles is 1. The number of oxime groups is 1. The molecular weight excluding hydrogens is 339 g/mol. The highest BCUT2D eigenvalue weighted by molar-refractivity contribution is 8.00. The van der Waals surface area contributed by atoms with Crippen LogP contribution >= 0.6 is 11.8 Å². The SMILES string of the molecule is CCON=C1CCC(C(C#N)SCCC(F)(F)C(F)(F)F)CC1. The van der Waals surface area contributed by atoms with Crippen molar-refractivity contribution in [1.82, 2.24) is 0 Å². The third-order valence-corrected chi connectivity index (χ3v) is 4.90. The van der Waals surface area contributed by atoms with E-state index in [-0.39, 0.29) is 5.92 Å². The number of nitrogens with zero attached hydrogens (tertiary/aromatic N) is 2. The van der Waals surface area contributed by atoms with Crippen LogP contribution in [0.15, 0.2) is 5.16 Å². The lowest BCUT2D eigenvalue weighted by Crippen LogP contribution is -2.37. The van der Waals surface area contributed by atoms with Crippen molar-refractivity contribution < 1.29 is 26.8 Å². The number of rotatable bonds is 7. The summed E-state index contributed by atoms with van der Waals surface area (Å²) >= 11 is 0.878. The predicted octanol–water partition coefficient (Wildman–Crippen LogP) is 4.78. The monoisotopic (exact) mass is 358 g/mol. The first-order valence-electron chi connectivity index (χ1n) is 7.34. The molecule has 1 atom stereocenters. The fraction of sp³-hybridized carbons (Fsp3) is 0.857. The van der Waals surface area contributed by atoms with Gasteiger partial charge in [0.25, 0.3) is 0 Å². The second-order valence-corrected chi connectivity index (χ2v) is 6.53. The van der Waals surface area contributed by atoms with Crippen molar-refractivity contribution in [2.24, 2.45) is 11.1 Å². The highest BCUT2D eigenvalue weighted by atomic mass is 32.2. The average Bonchev–Trinajstić information content (AvgIpc) is 2.49. The van der Waals surface area contributed by atoms with Crippen LogP contribution in [0.5, 0.6) is 0 Å². The Kier molecular flexibility index (Phi) is 7.58. The van der Waals surface area contributed by atoms with Crippen LogP contribution in [0, 0.1) is 17.2 Å². The highest BCUT2D eigenvalue weighted by Crippen LogP contribution is 2.40. The van der Waals surface area contributed by atoms with Gasteiger partial charge in [-0.25, -0.2) is 0 Å². The summed E-state index contributed by atoms with van der Waals surface area (Å²) in [5, 5.41) is 12.5. The summed E-state index contributed by atoms with van der Waals surface area (Å²) < 4.78 is 62.0. The molecule has 23 heavy (non-hydrogen) atoms. The van der Waals surface area contributed by atoms with E-state index in [4.69, 9.17) is 10.1 Å². The van der Waals surface area contributed by atoms with E-state index in [0.717, 1.165) is 17.5 Å². The second kappa shape index (κ2) is 8.71. The van der Waals surface area contributed by atoms with Crippen molar-refractivity contribution in [1.29, 1.82) is 5.26 Å². The molecule has 0 aromatic heterocycles. The molecule has 0 bridgehead atoms. The van der Waals surface area contributed by atoms with Gasteiger partial charge < -0.3 is 4.84 Å². The lowest BCUT2D eigenvalue weighted by atomic mass is 9.86. The van der Waals surface area contributed by atoms with Crippen LogP contribution in [0.3, 0.4) is 0 Å². The fourth-order valence-corrected chi connectivity index (χ4v) is 3.50. The molecule has 0 saturated heterocycles. The Balaban J connectivity index is 2.43. The first-order valence-corrected chi connectivity index (χ1v) is 8.39.